The van der Waals surface area contributed by atoms with Gasteiger partial charge in [0.1, 0.15) is 11.6 Å². The maximum atomic E-state index is 13.7. The zero-order valence-electron chi connectivity index (χ0n) is 14.8. The molecule has 8 heteroatoms. The second-order valence-electron chi connectivity index (χ2n) is 5.91. The average Bonchev–Trinajstić information content (AvgIpc) is 2.70. The summed E-state index contributed by atoms with van der Waals surface area (Å²) in [5, 5.41) is 2.32. The fourth-order valence-corrected chi connectivity index (χ4v) is 3.69. The summed E-state index contributed by atoms with van der Waals surface area (Å²) in [5.74, 6) is -2.31. The molecular formula is C20H16F2N2O3S. The van der Waals surface area contributed by atoms with Crippen LogP contribution < -0.4 is 9.62 Å². The van der Waals surface area contributed by atoms with Crippen LogP contribution in [0.15, 0.2) is 77.7 Å². The van der Waals surface area contributed by atoms with E-state index in [-0.39, 0.29) is 16.1 Å². The predicted molar refractivity (Wildman–Crippen MR) is 103 cm³/mol. The van der Waals surface area contributed by atoms with Gasteiger partial charge < -0.3 is 5.32 Å². The summed E-state index contributed by atoms with van der Waals surface area (Å²) in [6.45, 7) is 0. The Morgan fingerprint density at radius 1 is 0.929 bits per heavy atom. The molecule has 0 heterocycles. The molecule has 3 aromatic rings. The number of para-hydroxylation sites is 1. The highest BCUT2D eigenvalue weighted by Crippen LogP contribution is 2.22. The lowest BCUT2D eigenvalue weighted by Crippen LogP contribution is -2.26. The first-order valence-corrected chi connectivity index (χ1v) is 9.63. The highest BCUT2D eigenvalue weighted by atomic mass is 32.2. The van der Waals surface area contributed by atoms with E-state index in [4.69, 9.17) is 0 Å². The smallest absolute Gasteiger partial charge is 0.264 e. The fourth-order valence-electron chi connectivity index (χ4n) is 2.50. The highest BCUT2D eigenvalue weighted by molar-refractivity contribution is 7.92. The molecule has 5 nitrogen and oxygen atoms in total. The lowest BCUT2D eigenvalue weighted by molar-refractivity contribution is 0.102. The predicted octanol–water partition coefficient (Wildman–Crippen LogP) is 4.04. The number of hydrogen-bond acceptors (Lipinski definition) is 3. The van der Waals surface area contributed by atoms with Crippen LogP contribution >= 0.6 is 0 Å². The van der Waals surface area contributed by atoms with Gasteiger partial charge >= 0.3 is 0 Å². The molecule has 28 heavy (non-hydrogen) atoms. The number of benzene rings is 3. The number of nitrogens with one attached hydrogen (secondary N) is 1. The number of sulfonamides is 1. The van der Waals surface area contributed by atoms with Crippen LogP contribution in [0.1, 0.15) is 10.4 Å². The van der Waals surface area contributed by atoms with E-state index < -0.39 is 27.6 Å². The highest BCUT2D eigenvalue weighted by Gasteiger charge is 2.21. The van der Waals surface area contributed by atoms with E-state index in [2.05, 4.69) is 5.32 Å². The molecule has 144 valence electrons. The third-order valence-electron chi connectivity index (χ3n) is 4.07. The van der Waals surface area contributed by atoms with Crippen LogP contribution in [-0.2, 0) is 10.0 Å². The molecule has 0 unspecified atom stereocenters. The Morgan fingerprint density at radius 2 is 1.57 bits per heavy atom. The average molecular weight is 402 g/mol. The molecule has 1 N–H and O–H groups in total. The minimum absolute atomic E-state index is 0.00312. The SMILES string of the molecule is CN(c1ccccc1)S(=O)(=O)c1ccc(C(=O)Nc2ccc(F)cc2F)cc1. The summed E-state index contributed by atoms with van der Waals surface area (Å²) in [6.07, 6.45) is 0. The number of halogens is 2. The van der Waals surface area contributed by atoms with Crippen molar-refractivity contribution in [3.63, 3.8) is 0 Å². The van der Waals surface area contributed by atoms with Gasteiger partial charge in [-0.15, -0.1) is 0 Å². The number of anilines is 2. The summed E-state index contributed by atoms with van der Waals surface area (Å²) in [5.41, 5.74) is 0.452. The summed E-state index contributed by atoms with van der Waals surface area (Å²) in [4.78, 5) is 12.2. The van der Waals surface area contributed by atoms with Crippen molar-refractivity contribution in [2.24, 2.45) is 0 Å². The standard InChI is InChI=1S/C20H16F2N2O3S/c1-24(16-5-3-2-4-6-16)28(26,27)17-10-7-14(8-11-17)20(25)23-19-12-9-15(21)13-18(19)22/h2-13H,1H3,(H,23,25). The second-order valence-corrected chi connectivity index (χ2v) is 7.88. The van der Waals surface area contributed by atoms with E-state index in [1.54, 1.807) is 30.3 Å². The van der Waals surface area contributed by atoms with E-state index in [0.717, 1.165) is 16.4 Å². The molecule has 3 aromatic carbocycles. The molecule has 0 aromatic heterocycles. The quantitative estimate of drug-likeness (QED) is 0.700. The maximum absolute atomic E-state index is 13.7. The minimum Gasteiger partial charge on any atom is -0.319 e. The molecule has 0 saturated heterocycles. The Bertz CT molecular complexity index is 1100. The first kappa shape index (κ1) is 19.5. The Morgan fingerprint density at radius 3 is 2.18 bits per heavy atom. The van der Waals surface area contributed by atoms with Crippen molar-refractivity contribution >= 4 is 27.3 Å². The van der Waals surface area contributed by atoms with E-state index in [1.807, 2.05) is 0 Å². The Hall–Kier alpha value is -3.26. The van der Waals surface area contributed by atoms with Crippen LogP contribution in [0.2, 0.25) is 0 Å². The molecule has 3 rings (SSSR count). The van der Waals surface area contributed by atoms with E-state index >= 15 is 0 Å². The second kappa shape index (κ2) is 7.77. The maximum Gasteiger partial charge on any atom is 0.264 e. The summed E-state index contributed by atoms with van der Waals surface area (Å²) in [6, 6.07) is 16.6. The van der Waals surface area contributed by atoms with Crippen molar-refractivity contribution in [3.8, 4) is 0 Å². The number of hydrogen-bond donors (Lipinski definition) is 1. The molecule has 0 saturated carbocycles. The van der Waals surface area contributed by atoms with Crippen LogP contribution in [0.3, 0.4) is 0 Å². The number of carbonyl (C=O) groups is 1. The molecule has 0 atom stereocenters. The van der Waals surface area contributed by atoms with Gasteiger partial charge in [-0.05, 0) is 48.5 Å². The molecular weight excluding hydrogens is 386 g/mol. The number of nitrogens with zero attached hydrogens (tertiary/aromatic N) is 1. The van der Waals surface area contributed by atoms with Crippen LogP contribution in [0.5, 0.6) is 0 Å². The van der Waals surface area contributed by atoms with Crippen molar-refractivity contribution in [3.05, 3.63) is 90.0 Å². The fraction of sp³-hybridized carbons (Fsp3) is 0.0500. The van der Waals surface area contributed by atoms with Crippen molar-refractivity contribution in [1.29, 1.82) is 0 Å². The lowest BCUT2D eigenvalue weighted by atomic mass is 10.2. The zero-order chi connectivity index (χ0) is 20.3. The monoisotopic (exact) mass is 402 g/mol. The van der Waals surface area contributed by atoms with Crippen molar-refractivity contribution in [2.75, 3.05) is 16.7 Å². The number of carbonyl (C=O) groups excluding carboxylic acids is 1. The summed E-state index contributed by atoms with van der Waals surface area (Å²) < 4.78 is 53.2. The molecule has 0 aliphatic heterocycles. The van der Waals surface area contributed by atoms with Crippen LogP contribution in [0.4, 0.5) is 20.2 Å². The third kappa shape index (κ3) is 4.01. The minimum atomic E-state index is -3.80. The van der Waals surface area contributed by atoms with Gasteiger partial charge in [0.25, 0.3) is 15.9 Å². The van der Waals surface area contributed by atoms with Gasteiger partial charge in [0.15, 0.2) is 0 Å². The normalized spacial score (nSPS) is 11.1. The molecule has 0 fully saturated rings. The first-order chi connectivity index (χ1) is 13.3. The molecule has 0 aliphatic rings. The molecule has 1 amide bonds. The van der Waals surface area contributed by atoms with Crippen LogP contribution in [0.25, 0.3) is 0 Å². The Balaban J connectivity index is 1.80. The van der Waals surface area contributed by atoms with Gasteiger partial charge in [0.2, 0.25) is 0 Å². The van der Waals surface area contributed by atoms with Gasteiger partial charge in [-0.2, -0.15) is 0 Å². The van der Waals surface area contributed by atoms with E-state index in [1.165, 1.54) is 31.3 Å². The van der Waals surface area contributed by atoms with Crippen LogP contribution in [-0.4, -0.2) is 21.4 Å². The van der Waals surface area contributed by atoms with Gasteiger partial charge in [0, 0.05) is 18.7 Å². The topological polar surface area (TPSA) is 66.5 Å². The lowest BCUT2D eigenvalue weighted by Gasteiger charge is -2.19. The van der Waals surface area contributed by atoms with Crippen molar-refractivity contribution in [1.82, 2.24) is 0 Å². The van der Waals surface area contributed by atoms with Gasteiger partial charge in [-0.3, -0.25) is 9.10 Å². The van der Waals surface area contributed by atoms with Gasteiger partial charge in [-0.25, -0.2) is 17.2 Å². The van der Waals surface area contributed by atoms with Gasteiger partial charge in [-0.1, -0.05) is 18.2 Å². The zero-order valence-corrected chi connectivity index (χ0v) is 15.6. The Kier molecular flexibility index (Phi) is 5.41. The third-order valence-corrected chi connectivity index (χ3v) is 5.87. The number of rotatable bonds is 5. The van der Waals surface area contributed by atoms with Crippen LogP contribution in [0, 0.1) is 11.6 Å². The number of amides is 1. The molecule has 0 spiro atoms. The van der Waals surface area contributed by atoms with Crippen molar-refractivity contribution in [2.45, 2.75) is 4.90 Å². The largest absolute Gasteiger partial charge is 0.319 e. The van der Waals surface area contributed by atoms with Crippen molar-refractivity contribution < 1.29 is 22.0 Å². The summed E-state index contributed by atoms with van der Waals surface area (Å²) >= 11 is 0. The van der Waals surface area contributed by atoms with Gasteiger partial charge in [0.05, 0.1) is 16.3 Å². The summed E-state index contributed by atoms with van der Waals surface area (Å²) in [7, 11) is -2.37. The Labute approximate surface area is 161 Å². The molecule has 0 radical (unpaired) electrons. The van der Waals surface area contributed by atoms with E-state index in [0.29, 0.717) is 11.8 Å². The molecule has 0 aliphatic carbocycles. The first-order valence-electron chi connectivity index (χ1n) is 8.19. The van der Waals surface area contributed by atoms with E-state index in [9.17, 15) is 22.0 Å². The molecule has 0 bridgehead atoms.